The number of esters is 1. The molecule has 246 valence electrons. The van der Waals surface area contributed by atoms with Crippen molar-refractivity contribution in [3.63, 3.8) is 0 Å². The van der Waals surface area contributed by atoms with Crippen LogP contribution in [-0.2, 0) is 9.47 Å². The SMILES string of the molecule is CC(Oc1cccc(-c2cccc(-n3ncc(C(=O)OCCN4CCOCC4)c3[C@@H]3CC3/C(N)=C/N(C)N)c2)c1)C1CCCCC1. The largest absolute Gasteiger partial charge is 0.490 e. The summed E-state index contributed by atoms with van der Waals surface area (Å²) in [4.78, 5) is 15.7. The lowest BCUT2D eigenvalue weighted by molar-refractivity contribution is 0.0195. The molecule has 3 aliphatic rings. The van der Waals surface area contributed by atoms with E-state index in [1.54, 1.807) is 19.4 Å². The molecule has 4 N–H and O–H groups in total. The van der Waals surface area contributed by atoms with Crippen LogP contribution in [0.4, 0.5) is 0 Å². The van der Waals surface area contributed by atoms with E-state index in [0.29, 0.717) is 43.5 Å². The molecular weight excluding hydrogens is 580 g/mol. The Kier molecular flexibility index (Phi) is 10.3. The minimum atomic E-state index is -0.369. The van der Waals surface area contributed by atoms with E-state index in [0.717, 1.165) is 47.8 Å². The van der Waals surface area contributed by atoms with Crippen molar-refractivity contribution >= 4 is 5.97 Å². The van der Waals surface area contributed by atoms with Crippen LogP contribution in [0.15, 0.2) is 66.6 Å². The summed E-state index contributed by atoms with van der Waals surface area (Å²) >= 11 is 0. The average molecular weight is 629 g/mol. The molecule has 2 unspecified atom stereocenters. The van der Waals surface area contributed by atoms with Crippen molar-refractivity contribution in [3.05, 3.63) is 77.9 Å². The number of morpholine rings is 1. The maximum atomic E-state index is 13.5. The van der Waals surface area contributed by atoms with E-state index in [4.69, 9.17) is 30.9 Å². The van der Waals surface area contributed by atoms with E-state index >= 15 is 0 Å². The molecule has 1 aromatic heterocycles. The summed E-state index contributed by atoms with van der Waals surface area (Å²) in [6.45, 7) is 6.28. The van der Waals surface area contributed by atoms with Crippen molar-refractivity contribution in [2.45, 2.75) is 57.5 Å². The highest BCUT2D eigenvalue weighted by molar-refractivity contribution is 5.91. The van der Waals surface area contributed by atoms with Crippen LogP contribution in [0.2, 0.25) is 0 Å². The smallest absolute Gasteiger partial charge is 0.341 e. The maximum absolute atomic E-state index is 13.5. The topological polar surface area (TPSA) is 121 Å². The molecule has 0 radical (unpaired) electrons. The molecule has 10 nitrogen and oxygen atoms in total. The first-order chi connectivity index (χ1) is 22.4. The van der Waals surface area contributed by atoms with Gasteiger partial charge in [0, 0.05) is 50.4 Å². The third kappa shape index (κ3) is 7.74. The van der Waals surface area contributed by atoms with Crippen LogP contribution in [0.5, 0.6) is 5.75 Å². The fourth-order valence-electron chi connectivity index (χ4n) is 6.92. The average Bonchev–Trinajstić information content (AvgIpc) is 3.75. The number of aromatic nitrogens is 2. The van der Waals surface area contributed by atoms with E-state index in [1.165, 1.54) is 37.1 Å². The molecule has 3 fully saturated rings. The van der Waals surface area contributed by atoms with Gasteiger partial charge in [0.15, 0.2) is 0 Å². The molecule has 46 heavy (non-hydrogen) atoms. The van der Waals surface area contributed by atoms with Crippen LogP contribution in [-0.4, -0.2) is 78.3 Å². The van der Waals surface area contributed by atoms with Gasteiger partial charge < -0.3 is 25.0 Å². The van der Waals surface area contributed by atoms with Crippen LogP contribution in [0.3, 0.4) is 0 Å². The number of allylic oxidation sites excluding steroid dienone is 1. The van der Waals surface area contributed by atoms with Crippen LogP contribution in [0, 0.1) is 11.8 Å². The zero-order valence-electron chi connectivity index (χ0n) is 27.1. The monoisotopic (exact) mass is 628 g/mol. The van der Waals surface area contributed by atoms with Crippen molar-refractivity contribution in [3.8, 4) is 22.6 Å². The number of rotatable bonds is 12. The van der Waals surface area contributed by atoms with Gasteiger partial charge >= 0.3 is 5.97 Å². The second kappa shape index (κ2) is 14.7. The summed E-state index contributed by atoms with van der Waals surface area (Å²) in [5.74, 6) is 7.05. The minimum absolute atomic E-state index is 0.0159. The van der Waals surface area contributed by atoms with E-state index in [9.17, 15) is 4.79 Å². The van der Waals surface area contributed by atoms with E-state index in [1.807, 2.05) is 28.9 Å². The number of hydrogen-bond acceptors (Lipinski definition) is 9. The van der Waals surface area contributed by atoms with Gasteiger partial charge in [-0.05, 0) is 67.5 Å². The molecule has 3 atom stereocenters. The third-order valence-electron chi connectivity index (χ3n) is 9.59. The Balaban J connectivity index is 1.24. The number of carbonyl (C=O) groups excluding carboxylic acids is 1. The highest BCUT2D eigenvalue weighted by Gasteiger charge is 2.45. The number of nitrogens with two attached hydrogens (primary N) is 2. The van der Waals surface area contributed by atoms with Crippen molar-refractivity contribution in [1.29, 1.82) is 0 Å². The molecule has 2 aromatic carbocycles. The highest BCUT2D eigenvalue weighted by Crippen LogP contribution is 2.52. The Labute approximate surface area is 272 Å². The van der Waals surface area contributed by atoms with Crippen molar-refractivity contribution < 1.29 is 19.0 Å². The predicted octanol–water partition coefficient (Wildman–Crippen LogP) is 5.09. The summed E-state index contributed by atoms with van der Waals surface area (Å²) in [6, 6.07) is 16.6. The minimum Gasteiger partial charge on any atom is -0.490 e. The van der Waals surface area contributed by atoms with Crippen LogP contribution in [0.1, 0.15) is 67.4 Å². The first-order valence-electron chi connectivity index (χ1n) is 16.7. The van der Waals surface area contributed by atoms with Gasteiger partial charge in [-0.25, -0.2) is 15.3 Å². The Morgan fingerprint density at radius 1 is 1.11 bits per heavy atom. The molecule has 6 rings (SSSR count). The van der Waals surface area contributed by atoms with Gasteiger partial charge in [-0.3, -0.25) is 4.90 Å². The van der Waals surface area contributed by atoms with Gasteiger partial charge in [0.1, 0.15) is 17.9 Å². The van der Waals surface area contributed by atoms with Gasteiger partial charge in [-0.1, -0.05) is 43.5 Å². The summed E-state index contributed by atoms with van der Waals surface area (Å²) in [7, 11) is 1.74. The zero-order valence-corrected chi connectivity index (χ0v) is 27.1. The predicted molar refractivity (Wildman–Crippen MR) is 178 cm³/mol. The standard InChI is InChI=1S/C36H48N6O4/c1-25(26-8-4-3-5-9-26)46-30-13-7-11-28(21-30)27-10-6-12-29(20-27)42-35(32-22-31(32)34(37)24-40(2)38)33(23-39-42)36(43)45-19-16-41-14-17-44-18-15-41/h6-7,10-13,20-21,23-26,31-32H,3-5,8-9,14-19,22,37-38H2,1-2H3/b34-24-/t25?,31?,32-/m1/s1. The Hall–Kier alpha value is -3.86. The van der Waals surface area contributed by atoms with E-state index in [-0.39, 0.29) is 23.9 Å². The summed E-state index contributed by atoms with van der Waals surface area (Å²) < 4.78 is 19.5. The fourth-order valence-corrected chi connectivity index (χ4v) is 6.92. The fraction of sp³-hybridized carbons (Fsp3) is 0.500. The lowest BCUT2D eigenvalue weighted by atomic mass is 9.86. The normalized spacial score (nSPS) is 21.5. The summed E-state index contributed by atoms with van der Waals surface area (Å²) in [5.41, 5.74) is 11.4. The molecular formula is C36H48N6O4. The molecule has 0 amide bonds. The van der Waals surface area contributed by atoms with Crippen molar-refractivity contribution in [2.75, 3.05) is 46.5 Å². The van der Waals surface area contributed by atoms with Crippen LogP contribution >= 0.6 is 0 Å². The Morgan fingerprint density at radius 3 is 2.61 bits per heavy atom. The molecule has 0 spiro atoms. The first-order valence-corrected chi connectivity index (χ1v) is 16.7. The van der Waals surface area contributed by atoms with Gasteiger partial charge in [0.05, 0.1) is 36.9 Å². The number of benzene rings is 2. The highest BCUT2D eigenvalue weighted by atomic mass is 16.5. The van der Waals surface area contributed by atoms with Gasteiger partial charge in [-0.15, -0.1) is 0 Å². The van der Waals surface area contributed by atoms with Crippen LogP contribution < -0.4 is 16.3 Å². The Bertz CT molecular complexity index is 1510. The number of hydrogen-bond donors (Lipinski definition) is 2. The second-order valence-corrected chi connectivity index (χ2v) is 13.0. The molecule has 0 bridgehead atoms. The summed E-state index contributed by atoms with van der Waals surface area (Å²) in [6.07, 6.45) is 10.8. The van der Waals surface area contributed by atoms with Crippen LogP contribution in [0.25, 0.3) is 16.8 Å². The zero-order chi connectivity index (χ0) is 32.0. The molecule has 2 heterocycles. The van der Waals surface area contributed by atoms with Crippen molar-refractivity contribution in [1.82, 2.24) is 19.7 Å². The molecule has 3 aromatic rings. The molecule has 1 aliphatic heterocycles. The second-order valence-electron chi connectivity index (χ2n) is 13.0. The van der Waals surface area contributed by atoms with E-state index < -0.39 is 0 Å². The first kappa shape index (κ1) is 32.1. The Morgan fingerprint density at radius 2 is 1.85 bits per heavy atom. The molecule has 1 saturated heterocycles. The lowest BCUT2D eigenvalue weighted by Gasteiger charge is -2.28. The van der Waals surface area contributed by atoms with Gasteiger partial charge in [0.2, 0.25) is 0 Å². The molecule has 10 heteroatoms. The summed E-state index contributed by atoms with van der Waals surface area (Å²) in [5, 5.41) is 6.19. The molecule has 2 aliphatic carbocycles. The van der Waals surface area contributed by atoms with Gasteiger partial charge in [0.25, 0.3) is 0 Å². The lowest BCUT2D eigenvalue weighted by Crippen LogP contribution is -2.38. The van der Waals surface area contributed by atoms with Gasteiger partial charge in [-0.2, -0.15) is 5.10 Å². The number of nitrogens with zero attached hydrogens (tertiary/aromatic N) is 4. The number of carbonyl (C=O) groups is 1. The third-order valence-corrected chi connectivity index (χ3v) is 9.59. The number of ether oxygens (including phenoxy) is 3. The maximum Gasteiger partial charge on any atom is 0.341 e. The van der Waals surface area contributed by atoms with Crippen molar-refractivity contribution in [2.24, 2.45) is 23.4 Å². The quantitative estimate of drug-likeness (QED) is 0.161. The number of hydrazine groups is 1. The molecule has 2 saturated carbocycles. The van der Waals surface area contributed by atoms with E-state index in [2.05, 4.69) is 36.1 Å².